The number of hydrazine groups is 1. The molecule has 0 atom stereocenters. The van der Waals surface area contributed by atoms with Gasteiger partial charge < -0.3 is 5.43 Å². The third-order valence-electron chi connectivity index (χ3n) is 2.06. The van der Waals surface area contributed by atoms with Crippen molar-refractivity contribution in [1.82, 2.24) is 0 Å². The lowest BCUT2D eigenvalue weighted by molar-refractivity contribution is -0.363. The van der Waals surface area contributed by atoms with Crippen molar-refractivity contribution in [3.63, 3.8) is 0 Å². The minimum absolute atomic E-state index is 0.865. The number of nitrogen functional groups attached to an aromatic ring is 1. The Morgan fingerprint density at radius 2 is 1.79 bits per heavy atom. The monoisotopic (exact) mass is 186 g/mol. The van der Waals surface area contributed by atoms with Crippen LogP contribution in [0.15, 0.2) is 48.7 Å². The fraction of sp³-hybridized carbons (Fsp3) is 0. The van der Waals surface area contributed by atoms with E-state index in [4.69, 9.17) is 5.84 Å². The van der Waals surface area contributed by atoms with E-state index in [-0.39, 0.29) is 0 Å². The molecule has 4 N–H and O–H groups in total. The second kappa shape index (κ2) is 3.89. The average Bonchev–Trinajstić information content (AvgIpc) is 2.30. The van der Waals surface area contributed by atoms with Crippen molar-refractivity contribution in [3.8, 4) is 11.3 Å². The molecule has 0 bridgehead atoms. The first-order valence-electron chi connectivity index (χ1n) is 4.44. The number of benzene rings is 1. The molecule has 1 aromatic carbocycles. The Bertz CT molecular complexity index is 395. The highest BCUT2D eigenvalue weighted by atomic mass is 15.2. The molecule has 3 nitrogen and oxygen atoms in total. The molecule has 3 heteroatoms. The Kier molecular flexibility index (Phi) is 2.42. The zero-order valence-electron chi connectivity index (χ0n) is 7.70. The minimum Gasteiger partial charge on any atom is -0.319 e. The van der Waals surface area contributed by atoms with Crippen LogP contribution in [0.1, 0.15) is 0 Å². The van der Waals surface area contributed by atoms with E-state index in [1.807, 2.05) is 36.5 Å². The molecule has 0 amide bonds. The van der Waals surface area contributed by atoms with Gasteiger partial charge in [0.1, 0.15) is 5.69 Å². The summed E-state index contributed by atoms with van der Waals surface area (Å²) >= 11 is 0. The predicted molar refractivity (Wildman–Crippen MR) is 56.2 cm³/mol. The van der Waals surface area contributed by atoms with Crippen molar-refractivity contribution in [2.45, 2.75) is 0 Å². The lowest BCUT2D eigenvalue weighted by Gasteiger charge is -1.96. The maximum Gasteiger partial charge on any atom is 0.210 e. The van der Waals surface area contributed by atoms with E-state index < -0.39 is 0 Å². The third kappa shape index (κ3) is 1.72. The van der Waals surface area contributed by atoms with Gasteiger partial charge >= 0.3 is 0 Å². The molecule has 0 aliphatic rings. The zero-order chi connectivity index (χ0) is 9.80. The molecule has 2 aromatic rings. The molecule has 0 fully saturated rings. The van der Waals surface area contributed by atoms with Crippen molar-refractivity contribution in [3.05, 3.63) is 48.7 Å². The van der Waals surface area contributed by atoms with Gasteiger partial charge in [-0.2, -0.15) is 0 Å². The van der Waals surface area contributed by atoms with Crippen LogP contribution >= 0.6 is 0 Å². The number of hydrogen-bond acceptors (Lipinski definition) is 2. The highest BCUT2D eigenvalue weighted by Crippen LogP contribution is 2.14. The fourth-order valence-corrected chi connectivity index (χ4v) is 1.31. The van der Waals surface area contributed by atoms with Crippen molar-refractivity contribution in [2.24, 2.45) is 5.84 Å². The van der Waals surface area contributed by atoms with Crippen molar-refractivity contribution >= 4 is 5.69 Å². The maximum absolute atomic E-state index is 5.27. The van der Waals surface area contributed by atoms with E-state index in [2.05, 4.69) is 22.5 Å². The highest BCUT2D eigenvalue weighted by molar-refractivity contribution is 5.57. The van der Waals surface area contributed by atoms with Crippen molar-refractivity contribution < 1.29 is 4.98 Å². The van der Waals surface area contributed by atoms with Gasteiger partial charge in [0.05, 0.1) is 0 Å². The van der Waals surface area contributed by atoms with Gasteiger partial charge in [-0.3, -0.25) is 5.84 Å². The topological polar surface area (TPSA) is 52.2 Å². The number of aromatic nitrogens is 1. The molecular formula is C11H12N3+. The smallest absolute Gasteiger partial charge is 0.210 e. The van der Waals surface area contributed by atoms with E-state index in [0.717, 1.165) is 16.9 Å². The minimum atomic E-state index is 0.865. The standard InChI is InChI=1S/C11H11N3/c12-14-10-6-7-11(13-8-10)9-4-2-1-3-5-9/h1-8,14H,12H2/p+1. The molecule has 1 heterocycles. The summed E-state index contributed by atoms with van der Waals surface area (Å²) < 4.78 is 0. The maximum atomic E-state index is 5.27. The molecular weight excluding hydrogens is 174 g/mol. The Labute approximate surface area is 82.6 Å². The zero-order valence-corrected chi connectivity index (χ0v) is 7.70. The first-order chi connectivity index (χ1) is 6.90. The molecule has 14 heavy (non-hydrogen) atoms. The summed E-state index contributed by atoms with van der Waals surface area (Å²) in [6, 6.07) is 14.1. The van der Waals surface area contributed by atoms with Gasteiger partial charge in [0, 0.05) is 11.6 Å². The number of nitrogens with one attached hydrogen (secondary N) is 2. The third-order valence-corrected chi connectivity index (χ3v) is 2.06. The number of rotatable bonds is 2. The second-order valence-electron chi connectivity index (χ2n) is 3.00. The molecule has 1 aromatic heterocycles. The summed E-state index contributed by atoms with van der Waals surface area (Å²) in [5.74, 6) is 5.27. The summed E-state index contributed by atoms with van der Waals surface area (Å²) in [4.78, 5) is 3.16. The van der Waals surface area contributed by atoms with Gasteiger partial charge in [0.15, 0.2) is 6.20 Å². The van der Waals surface area contributed by atoms with E-state index >= 15 is 0 Å². The first-order valence-corrected chi connectivity index (χ1v) is 4.44. The van der Waals surface area contributed by atoms with E-state index in [0.29, 0.717) is 0 Å². The summed E-state index contributed by atoms with van der Waals surface area (Å²) in [5.41, 5.74) is 5.68. The van der Waals surface area contributed by atoms with Crippen molar-refractivity contribution in [2.75, 3.05) is 5.43 Å². The molecule has 0 spiro atoms. The van der Waals surface area contributed by atoms with E-state index in [9.17, 15) is 0 Å². The molecule has 0 saturated heterocycles. The molecule has 0 radical (unpaired) electrons. The van der Waals surface area contributed by atoms with Gasteiger partial charge in [0.2, 0.25) is 5.69 Å². The number of aromatic amines is 1. The summed E-state index contributed by atoms with van der Waals surface area (Å²) in [5, 5.41) is 0. The van der Waals surface area contributed by atoms with E-state index in [1.54, 1.807) is 0 Å². The van der Waals surface area contributed by atoms with Crippen LogP contribution < -0.4 is 16.3 Å². The Balaban J connectivity index is 2.34. The van der Waals surface area contributed by atoms with Gasteiger partial charge in [0.25, 0.3) is 0 Å². The second-order valence-corrected chi connectivity index (χ2v) is 3.00. The number of anilines is 1. The molecule has 0 saturated carbocycles. The Morgan fingerprint density at radius 1 is 1.00 bits per heavy atom. The van der Waals surface area contributed by atoms with Crippen LogP contribution in [-0.4, -0.2) is 0 Å². The van der Waals surface area contributed by atoms with Gasteiger partial charge in [-0.25, -0.2) is 4.98 Å². The highest BCUT2D eigenvalue weighted by Gasteiger charge is 2.03. The predicted octanol–water partition coefficient (Wildman–Crippen LogP) is 1.45. The molecule has 2 rings (SSSR count). The molecule has 0 aliphatic carbocycles. The Hall–Kier alpha value is -1.87. The quantitative estimate of drug-likeness (QED) is 0.551. The normalized spacial score (nSPS) is 9.79. The van der Waals surface area contributed by atoms with Crippen LogP contribution in [-0.2, 0) is 0 Å². The van der Waals surface area contributed by atoms with Crippen LogP contribution in [0.4, 0.5) is 5.69 Å². The van der Waals surface area contributed by atoms with Crippen LogP contribution in [0, 0.1) is 0 Å². The first kappa shape index (κ1) is 8.72. The molecule has 70 valence electrons. The van der Waals surface area contributed by atoms with E-state index in [1.165, 1.54) is 0 Å². The lowest BCUT2D eigenvalue weighted by Crippen LogP contribution is -2.12. The SMILES string of the molecule is NNc1ccc(-c2ccccc2)[nH+]c1. The largest absolute Gasteiger partial charge is 0.319 e. The summed E-state index contributed by atoms with van der Waals surface area (Å²) in [6.07, 6.45) is 1.84. The van der Waals surface area contributed by atoms with Crippen molar-refractivity contribution in [1.29, 1.82) is 0 Å². The lowest BCUT2D eigenvalue weighted by atomic mass is 10.1. The van der Waals surface area contributed by atoms with Crippen LogP contribution in [0.25, 0.3) is 11.3 Å². The average molecular weight is 186 g/mol. The number of H-pyrrole nitrogens is 1. The Morgan fingerprint density at radius 3 is 2.36 bits per heavy atom. The molecule has 0 unspecified atom stereocenters. The summed E-state index contributed by atoms with van der Waals surface area (Å²) in [7, 11) is 0. The van der Waals surface area contributed by atoms with Crippen LogP contribution in [0.5, 0.6) is 0 Å². The van der Waals surface area contributed by atoms with Gasteiger partial charge in [-0.1, -0.05) is 18.2 Å². The van der Waals surface area contributed by atoms with Crippen LogP contribution in [0.2, 0.25) is 0 Å². The van der Waals surface area contributed by atoms with Gasteiger partial charge in [-0.15, -0.1) is 0 Å². The molecule has 0 aliphatic heterocycles. The summed E-state index contributed by atoms with van der Waals surface area (Å²) in [6.45, 7) is 0. The number of nitrogens with two attached hydrogens (primary N) is 1. The number of pyridine rings is 1. The van der Waals surface area contributed by atoms with Gasteiger partial charge in [-0.05, 0) is 18.2 Å². The van der Waals surface area contributed by atoms with Crippen LogP contribution in [0.3, 0.4) is 0 Å². The fourth-order valence-electron chi connectivity index (χ4n) is 1.31. The number of hydrogen-bond donors (Lipinski definition) is 2.